The van der Waals surface area contributed by atoms with Crippen LogP contribution in [0.4, 0.5) is 4.39 Å². The van der Waals surface area contributed by atoms with Crippen LogP contribution in [0.15, 0.2) is 42.5 Å². The van der Waals surface area contributed by atoms with Crippen LogP contribution >= 0.6 is 0 Å². The minimum atomic E-state index is -1.54. The van der Waals surface area contributed by atoms with Crippen molar-refractivity contribution in [2.24, 2.45) is 5.92 Å². The van der Waals surface area contributed by atoms with Gasteiger partial charge in [0.25, 0.3) is 11.7 Å². The average Bonchev–Trinajstić information content (AvgIpc) is 2.83. The number of ketones is 1. The van der Waals surface area contributed by atoms with Gasteiger partial charge in [0.2, 0.25) is 0 Å². The lowest BCUT2D eigenvalue weighted by Gasteiger charge is -2.32. The number of halogens is 1. The molecule has 7 heteroatoms. The number of amides is 1. The molecule has 2 aromatic rings. The van der Waals surface area contributed by atoms with Gasteiger partial charge in [0.05, 0.1) is 12.7 Å². The first-order valence-electron chi connectivity index (χ1n) is 11.5. The van der Waals surface area contributed by atoms with Crippen molar-refractivity contribution in [1.82, 2.24) is 4.90 Å². The smallest absolute Gasteiger partial charge is 0.377 e. The first-order chi connectivity index (χ1) is 16.2. The molecule has 1 aliphatic rings. The molecule has 3 rings (SSSR count). The molecule has 1 saturated heterocycles. The average molecular weight is 468 g/mol. The fraction of sp³-hybridized carbons (Fsp3) is 0.370. The molecule has 0 bridgehead atoms. The third-order valence-corrected chi connectivity index (χ3v) is 6.25. The number of nitrogens with zero attached hydrogens (tertiary/aromatic N) is 1. The van der Waals surface area contributed by atoms with E-state index >= 15 is 0 Å². The second kappa shape index (κ2) is 11.1. The molecule has 0 spiro atoms. The van der Waals surface area contributed by atoms with Crippen LogP contribution in [0.1, 0.15) is 53.2 Å². The van der Waals surface area contributed by atoms with Crippen molar-refractivity contribution in [1.29, 1.82) is 0 Å². The maximum absolute atomic E-state index is 13.4. The number of aliphatic carboxylic acids is 1. The number of allylic oxidation sites excluding steroid dienone is 1. The fourth-order valence-corrected chi connectivity index (χ4v) is 4.42. The Labute approximate surface area is 199 Å². The number of aryl methyl sites for hydroxylation is 1. The number of carbonyl (C=O) groups is 3. The van der Waals surface area contributed by atoms with Gasteiger partial charge in [0.15, 0.2) is 0 Å². The molecular formula is C27H30FNO5. The normalized spacial score (nSPS) is 14.7. The number of carbonyl (C=O) groups excluding carboxylic acids is 2. The molecule has 1 N–H and O–H groups in total. The quantitative estimate of drug-likeness (QED) is 0.450. The molecule has 0 unspecified atom stereocenters. The summed E-state index contributed by atoms with van der Waals surface area (Å²) in [4.78, 5) is 38.8. The number of methoxy groups -OCH3 is 1. The minimum absolute atomic E-state index is 0.0715. The number of likely N-dealkylation sites (tertiary alicyclic amines) is 1. The topological polar surface area (TPSA) is 83.9 Å². The number of hydrogen-bond donors (Lipinski definition) is 1. The van der Waals surface area contributed by atoms with E-state index in [0.29, 0.717) is 47.9 Å². The van der Waals surface area contributed by atoms with Crippen LogP contribution in [-0.2, 0) is 16.0 Å². The molecule has 2 aromatic carbocycles. The zero-order valence-electron chi connectivity index (χ0n) is 19.8. The Morgan fingerprint density at radius 1 is 1.12 bits per heavy atom. The van der Waals surface area contributed by atoms with E-state index in [1.165, 1.54) is 19.2 Å². The Kier molecular flexibility index (Phi) is 8.21. The van der Waals surface area contributed by atoms with Crippen molar-refractivity contribution < 1.29 is 28.6 Å². The van der Waals surface area contributed by atoms with Gasteiger partial charge in [0.1, 0.15) is 11.6 Å². The molecule has 1 aliphatic heterocycles. The lowest BCUT2D eigenvalue weighted by Crippen LogP contribution is -2.39. The zero-order valence-corrected chi connectivity index (χ0v) is 19.8. The summed E-state index contributed by atoms with van der Waals surface area (Å²) in [6, 6.07) is 9.76. The number of Topliss-reactive ketones (excluding diaryl/α,β-unsaturated/α-hetero) is 1. The molecule has 0 aromatic heterocycles. The third-order valence-electron chi connectivity index (χ3n) is 6.25. The van der Waals surface area contributed by atoms with E-state index in [2.05, 4.69) is 0 Å². The maximum Gasteiger partial charge on any atom is 0.377 e. The van der Waals surface area contributed by atoms with Crippen LogP contribution in [0.3, 0.4) is 0 Å². The molecule has 0 atom stereocenters. The van der Waals surface area contributed by atoms with Crippen LogP contribution < -0.4 is 4.74 Å². The second-order valence-electron chi connectivity index (χ2n) is 8.59. The highest BCUT2D eigenvalue weighted by molar-refractivity contribution is 6.51. The number of rotatable bonds is 8. The van der Waals surface area contributed by atoms with Crippen molar-refractivity contribution in [2.75, 3.05) is 20.2 Å². The molecule has 180 valence electrons. The lowest BCUT2D eigenvalue weighted by atomic mass is 9.89. The zero-order chi connectivity index (χ0) is 24.8. The van der Waals surface area contributed by atoms with Gasteiger partial charge < -0.3 is 14.7 Å². The van der Waals surface area contributed by atoms with Gasteiger partial charge in [-0.1, -0.05) is 25.1 Å². The van der Waals surface area contributed by atoms with Crippen molar-refractivity contribution in [3.05, 3.63) is 70.5 Å². The lowest BCUT2D eigenvalue weighted by molar-refractivity contribution is -0.146. The van der Waals surface area contributed by atoms with Gasteiger partial charge in [-0.3, -0.25) is 9.59 Å². The monoisotopic (exact) mass is 467 g/mol. The summed E-state index contributed by atoms with van der Waals surface area (Å²) in [5.74, 6) is -2.22. The Morgan fingerprint density at radius 2 is 1.76 bits per heavy atom. The standard InChI is InChI=1S/C27H30FNO5/c1-4-5-21(25(30)27(32)33)22-16-23(24(34-3)14-17(22)2)26(31)29-12-10-19(11-13-29)15-18-6-8-20(28)9-7-18/h5-9,14,16,19H,4,10-13,15H2,1-3H3,(H,32,33)/b21-5+. The SMILES string of the molecule is CC/C=C(/C(=O)C(=O)O)c1cc(C(=O)N2CCC(Cc3ccc(F)cc3)CC2)c(OC)cc1C. The van der Waals surface area contributed by atoms with Crippen LogP contribution in [0.2, 0.25) is 0 Å². The largest absolute Gasteiger partial charge is 0.496 e. The van der Waals surface area contributed by atoms with Gasteiger partial charge >= 0.3 is 5.97 Å². The molecule has 1 heterocycles. The van der Waals surface area contributed by atoms with E-state index in [-0.39, 0.29) is 17.3 Å². The Bertz CT molecular complexity index is 1100. The van der Waals surface area contributed by atoms with Crippen molar-refractivity contribution in [3.8, 4) is 5.75 Å². The summed E-state index contributed by atoms with van der Waals surface area (Å²) >= 11 is 0. The fourth-order valence-electron chi connectivity index (χ4n) is 4.42. The summed E-state index contributed by atoms with van der Waals surface area (Å²) in [6.07, 6.45) is 4.53. The van der Waals surface area contributed by atoms with Gasteiger partial charge in [-0.05, 0) is 79.5 Å². The van der Waals surface area contributed by atoms with E-state index < -0.39 is 11.8 Å². The number of carboxylic acids is 1. The van der Waals surface area contributed by atoms with Crippen LogP contribution in [-0.4, -0.2) is 47.9 Å². The third kappa shape index (κ3) is 5.71. The molecule has 6 nitrogen and oxygen atoms in total. The van der Waals surface area contributed by atoms with Gasteiger partial charge in [0, 0.05) is 18.7 Å². The summed E-state index contributed by atoms with van der Waals surface area (Å²) in [7, 11) is 1.48. The predicted octanol–water partition coefficient (Wildman–Crippen LogP) is 4.68. The van der Waals surface area contributed by atoms with Crippen molar-refractivity contribution >= 4 is 23.2 Å². The number of benzene rings is 2. The van der Waals surface area contributed by atoms with E-state index in [0.717, 1.165) is 24.8 Å². The molecular weight excluding hydrogens is 437 g/mol. The number of ether oxygens (including phenoxy) is 1. The molecule has 0 aliphatic carbocycles. The predicted molar refractivity (Wildman–Crippen MR) is 127 cm³/mol. The highest BCUT2D eigenvalue weighted by atomic mass is 19.1. The molecule has 1 fully saturated rings. The van der Waals surface area contributed by atoms with Gasteiger partial charge in [-0.15, -0.1) is 0 Å². The first kappa shape index (κ1) is 25.1. The molecule has 0 radical (unpaired) electrons. The summed E-state index contributed by atoms with van der Waals surface area (Å²) in [6.45, 7) is 4.72. The van der Waals surface area contributed by atoms with Crippen molar-refractivity contribution in [3.63, 3.8) is 0 Å². The maximum atomic E-state index is 13.4. The molecule has 0 saturated carbocycles. The molecule has 34 heavy (non-hydrogen) atoms. The van der Waals surface area contributed by atoms with Gasteiger partial charge in [-0.25, -0.2) is 9.18 Å². The summed E-state index contributed by atoms with van der Waals surface area (Å²) in [5.41, 5.74) is 2.53. The number of hydrogen-bond acceptors (Lipinski definition) is 4. The Balaban J connectivity index is 1.80. The van der Waals surface area contributed by atoms with Crippen LogP contribution in [0.5, 0.6) is 5.75 Å². The summed E-state index contributed by atoms with van der Waals surface area (Å²) < 4.78 is 18.6. The highest BCUT2D eigenvalue weighted by Crippen LogP contribution is 2.31. The molecule has 1 amide bonds. The van der Waals surface area contributed by atoms with Crippen LogP contribution in [0, 0.1) is 18.7 Å². The second-order valence-corrected chi connectivity index (χ2v) is 8.59. The van der Waals surface area contributed by atoms with E-state index in [9.17, 15) is 23.9 Å². The van der Waals surface area contributed by atoms with E-state index in [4.69, 9.17) is 4.74 Å². The van der Waals surface area contributed by atoms with E-state index in [1.54, 1.807) is 42.2 Å². The Morgan fingerprint density at radius 3 is 2.32 bits per heavy atom. The minimum Gasteiger partial charge on any atom is -0.496 e. The van der Waals surface area contributed by atoms with Crippen LogP contribution in [0.25, 0.3) is 5.57 Å². The Hall–Kier alpha value is -3.48. The van der Waals surface area contributed by atoms with Crippen molar-refractivity contribution in [2.45, 2.75) is 39.5 Å². The number of piperidine rings is 1. The van der Waals surface area contributed by atoms with E-state index in [1.807, 2.05) is 6.92 Å². The number of carboxylic acid groups (broad SMARTS) is 1. The van der Waals surface area contributed by atoms with Gasteiger partial charge in [-0.2, -0.15) is 0 Å². The highest BCUT2D eigenvalue weighted by Gasteiger charge is 2.28. The first-order valence-corrected chi connectivity index (χ1v) is 11.5. The summed E-state index contributed by atoms with van der Waals surface area (Å²) in [5, 5.41) is 9.25.